The molecule has 2 aromatic rings. The molecule has 0 unspecified atom stereocenters. The standard InChI is InChI=1S/C24H32N4O2/c1-18-10-11-21(22(14-18)30-3)17-27-24(25-2)26-16-19-8-7-9-20(15-19)23(29)28-12-5-4-6-13-28/h7-11,14-15H,4-6,12-13,16-17H2,1-3H3,(H2,25,26,27). The summed E-state index contributed by atoms with van der Waals surface area (Å²) in [5.74, 6) is 1.69. The second-order valence-corrected chi connectivity index (χ2v) is 7.65. The number of nitrogens with one attached hydrogen (secondary N) is 2. The molecule has 1 amide bonds. The quantitative estimate of drug-likeness (QED) is 0.567. The molecule has 3 rings (SSSR count). The number of nitrogens with zero attached hydrogens (tertiary/aromatic N) is 2. The molecule has 30 heavy (non-hydrogen) atoms. The lowest BCUT2D eigenvalue weighted by Gasteiger charge is -2.26. The third-order valence-corrected chi connectivity index (χ3v) is 5.39. The molecule has 1 heterocycles. The summed E-state index contributed by atoms with van der Waals surface area (Å²) in [6, 6.07) is 14.0. The Morgan fingerprint density at radius 3 is 2.57 bits per heavy atom. The Bertz CT molecular complexity index is 889. The predicted molar refractivity (Wildman–Crippen MR) is 121 cm³/mol. The minimum absolute atomic E-state index is 0.130. The van der Waals surface area contributed by atoms with E-state index < -0.39 is 0 Å². The van der Waals surface area contributed by atoms with Crippen molar-refractivity contribution in [3.05, 3.63) is 64.7 Å². The number of piperidine rings is 1. The molecule has 0 bridgehead atoms. The number of carbonyl (C=O) groups excluding carboxylic acids is 1. The first-order valence-electron chi connectivity index (χ1n) is 10.6. The molecular weight excluding hydrogens is 376 g/mol. The van der Waals surface area contributed by atoms with Crippen molar-refractivity contribution in [3.8, 4) is 5.75 Å². The first-order valence-corrected chi connectivity index (χ1v) is 10.6. The fourth-order valence-corrected chi connectivity index (χ4v) is 3.68. The van der Waals surface area contributed by atoms with E-state index in [-0.39, 0.29) is 5.91 Å². The maximum Gasteiger partial charge on any atom is 0.253 e. The lowest BCUT2D eigenvalue weighted by atomic mass is 10.1. The van der Waals surface area contributed by atoms with Gasteiger partial charge in [0.1, 0.15) is 5.75 Å². The van der Waals surface area contributed by atoms with Crippen molar-refractivity contribution in [2.75, 3.05) is 27.2 Å². The van der Waals surface area contributed by atoms with E-state index >= 15 is 0 Å². The molecule has 160 valence electrons. The van der Waals surface area contributed by atoms with Gasteiger partial charge in [-0.3, -0.25) is 9.79 Å². The fourth-order valence-electron chi connectivity index (χ4n) is 3.68. The maximum atomic E-state index is 12.7. The molecular formula is C24H32N4O2. The van der Waals surface area contributed by atoms with E-state index in [9.17, 15) is 4.79 Å². The van der Waals surface area contributed by atoms with E-state index in [2.05, 4.69) is 27.8 Å². The number of benzene rings is 2. The summed E-state index contributed by atoms with van der Waals surface area (Å²) in [4.78, 5) is 19.0. The Morgan fingerprint density at radius 1 is 1.07 bits per heavy atom. The summed E-state index contributed by atoms with van der Waals surface area (Å²) < 4.78 is 5.47. The maximum absolute atomic E-state index is 12.7. The highest BCUT2D eigenvalue weighted by Gasteiger charge is 2.18. The van der Waals surface area contributed by atoms with Gasteiger partial charge in [-0.15, -0.1) is 0 Å². The monoisotopic (exact) mass is 408 g/mol. The van der Waals surface area contributed by atoms with Crippen LogP contribution < -0.4 is 15.4 Å². The second-order valence-electron chi connectivity index (χ2n) is 7.65. The first-order chi connectivity index (χ1) is 14.6. The zero-order valence-electron chi connectivity index (χ0n) is 18.2. The van der Waals surface area contributed by atoms with Gasteiger partial charge >= 0.3 is 0 Å². The van der Waals surface area contributed by atoms with Gasteiger partial charge in [0.25, 0.3) is 5.91 Å². The van der Waals surface area contributed by atoms with Crippen molar-refractivity contribution in [2.24, 2.45) is 4.99 Å². The first kappa shape index (κ1) is 21.7. The summed E-state index contributed by atoms with van der Waals surface area (Å²) >= 11 is 0. The molecule has 0 spiro atoms. The number of hydrogen-bond acceptors (Lipinski definition) is 3. The number of likely N-dealkylation sites (tertiary alicyclic amines) is 1. The fraction of sp³-hybridized carbons (Fsp3) is 0.417. The van der Waals surface area contributed by atoms with E-state index in [1.165, 1.54) is 6.42 Å². The van der Waals surface area contributed by atoms with Crippen LogP contribution in [0.1, 0.15) is 46.3 Å². The van der Waals surface area contributed by atoms with Crippen LogP contribution in [0.3, 0.4) is 0 Å². The number of carbonyl (C=O) groups is 1. The van der Waals surface area contributed by atoms with Gasteiger partial charge < -0.3 is 20.3 Å². The molecule has 2 N–H and O–H groups in total. The van der Waals surface area contributed by atoms with E-state index in [0.717, 1.165) is 53.9 Å². The number of amides is 1. The predicted octanol–water partition coefficient (Wildman–Crippen LogP) is 3.49. The zero-order valence-corrected chi connectivity index (χ0v) is 18.2. The lowest BCUT2D eigenvalue weighted by Crippen LogP contribution is -2.37. The Labute approximate surface area is 179 Å². The van der Waals surface area contributed by atoms with Gasteiger partial charge in [0, 0.05) is 44.4 Å². The van der Waals surface area contributed by atoms with Crippen LogP contribution in [0, 0.1) is 6.92 Å². The van der Waals surface area contributed by atoms with Crippen LogP contribution in [0.4, 0.5) is 0 Å². The van der Waals surface area contributed by atoms with Gasteiger partial charge in [-0.05, 0) is 55.5 Å². The van der Waals surface area contributed by atoms with E-state index in [4.69, 9.17) is 4.74 Å². The average molecular weight is 409 g/mol. The zero-order chi connectivity index (χ0) is 21.3. The van der Waals surface area contributed by atoms with Crippen LogP contribution in [-0.2, 0) is 13.1 Å². The van der Waals surface area contributed by atoms with E-state index in [0.29, 0.717) is 19.0 Å². The number of rotatable bonds is 6. The molecule has 1 aliphatic heterocycles. The van der Waals surface area contributed by atoms with E-state index in [1.807, 2.05) is 42.2 Å². The number of aliphatic imine (C=N–C) groups is 1. The van der Waals surface area contributed by atoms with Crippen molar-refractivity contribution in [1.82, 2.24) is 15.5 Å². The normalized spacial score (nSPS) is 14.4. The molecule has 0 saturated carbocycles. The molecule has 6 heteroatoms. The number of ether oxygens (including phenoxy) is 1. The highest BCUT2D eigenvalue weighted by atomic mass is 16.5. The molecule has 1 fully saturated rings. The molecule has 1 saturated heterocycles. The van der Waals surface area contributed by atoms with E-state index in [1.54, 1.807) is 14.2 Å². The van der Waals surface area contributed by atoms with Gasteiger partial charge in [0.2, 0.25) is 0 Å². The van der Waals surface area contributed by atoms with Crippen LogP contribution in [0.25, 0.3) is 0 Å². The van der Waals surface area contributed by atoms with Crippen LogP contribution in [0.2, 0.25) is 0 Å². The second kappa shape index (κ2) is 10.7. The summed E-state index contributed by atoms with van der Waals surface area (Å²) in [5.41, 5.74) is 4.04. The van der Waals surface area contributed by atoms with Crippen LogP contribution in [0.5, 0.6) is 5.75 Å². The lowest BCUT2D eigenvalue weighted by molar-refractivity contribution is 0.0724. The Balaban J connectivity index is 1.57. The Kier molecular flexibility index (Phi) is 7.71. The van der Waals surface area contributed by atoms with Crippen molar-refractivity contribution >= 4 is 11.9 Å². The van der Waals surface area contributed by atoms with Crippen LogP contribution in [-0.4, -0.2) is 44.0 Å². The molecule has 0 radical (unpaired) electrons. The van der Waals surface area contributed by atoms with Gasteiger partial charge in [-0.1, -0.05) is 24.3 Å². The summed E-state index contributed by atoms with van der Waals surface area (Å²) in [5, 5.41) is 6.65. The topological polar surface area (TPSA) is 66.0 Å². The van der Waals surface area contributed by atoms with Crippen LogP contribution >= 0.6 is 0 Å². The summed E-state index contributed by atoms with van der Waals surface area (Å²) in [7, 11) is 3.43. The largest absolute Gasteiger partial charge is 0.496 e. The molecule has 0 aromatic heterocycles. The third kappa shape index (κ3) is 5.75. The van der Waals surface area contributed by atoms with Crippen molar-refractivity contribution in [2.45, 2.75) is 39.3 Å². The smallest absolute Gasteiger partial charge is 0.253 e. The van der Waals surface area contributed by atoms with Crippen molar-refractivity contribution in [1.29, 1.82) is 0 Å². The molecule has 6 nitrogen and oxygen atoms in total. The molecule has 1 aliphatic rings. The van der Waals surface area contributed by atoms with Gasteiger partial charge in [0.15, 0.2) is 5.96 Å². The van der Waals surface area contributed by atoms with Gasteiger partial charge in [0.05, 0.1) is 7.11 Å². The van der Waals surface area contributed by atoms with Crippen LogP contribution in [0.15, 0.2) is 47.5 Å². The Morgan fingerprint density at radius 2 is 1.83 bits per heavy atom. The number of aryl methyl sites for hydroxylation is 1. The average Bonchev–Trinajstić information content (AvgIpc) is 2.80. The highest BCUT2D eigenvalue weighted by Crippen LogP contribution is 2.19. The van der Waals surface area contributed by atoms with Gasteiger partial charge in [-0.25, -0.2) is 0 Å². The number of hydrogen-bond donors (Lipinski definition) is 2. The summed E-state index contributed by atoms with van der Waals surface area (Å²) in [6.45, 7) is 4.97. The summed E-state index contributed by atoms with van der Waals surface area (Å²) in [6.07, 6.45) is 3.41. The third-order valence-electron chi connectivity index (χ3n) is 5.39. The minimum Gasteiger partial charge on any atom is -0.496 e. The minimum atomic E-state index is 0.130. The molecule has 2 aromatic carbocycles. The molecule has 0 aliphatic carbocycles. The molecule has 0 atom stereocenters. The Hall–Kier alpha value is -3.02. The van der Waals surface area contributed by atoms with Crippen molar-refractivity contribution < 1.29 is 9.53 Å². The SMILES string of the molecule is CN=C(NCc1cccc(C(=O)N2CCCCC2)c1)NCc1ccc(C)cc1OC. The van der Waals surface area contributed by atoms with Crippen molar-refractivity contribution in [3.63, 3.8) is 0 Å². The van der Waals surface area contributed by atoms with Gasteiger partial charge in [-0.2, -0.15) is 0 Å². The number of guanidine groups is 1. The number of methoxy groups -OCH3 is 1. The highest BCUT2D eigenvalue weighted by molar-refractivity contribution is 5.94.